The maximum atomic E-state index is 3.50. The molecule has 2 aromatic rings. The van der Waals surface area contributed by atoms with Gasteiger partial charge in [-0.05, 0) is 47.8 Å². The van der Waals surface area contributed by atoms with Crippen LogP contribution in [-0.4, -0.2) is 0 Å². The molecule has 1 aliphatic rings. The van der Waals surface area contributed by atoms with Gasteiger partial charge < -0.3 is 5.32 Å². The summed E-state index contributed by atoms with van der Waals surface area (Å²) < 4.78 is 0. The lowest BCUT2D eigenvalue weighted by molar-refractivity contribution is 1.13. The predicted molar refractivity (Wildman–Crippen MR) is 86.6 cm³/mol. The Balaban J connectivity index is 1.82. The average molecular weight is 261 g/mol. The van der Waals surface area contributed by atoms with Gasteiger partial charge in [0.2, 0.25) is 0 Å². The molecule has 0 radical (unpaired) electrons. The highest BCUT2D eigenvalue weighted by Crippen LogP contribution is 2.31. The second kappa shape index (κ2) is 5.79. The van der Waals surface area contributed by atoms with Gasteiger partial charge in [0.25, 0.3) is 0 Å². The molecule has 0 saturated carbocycles. The van der Waals surface area contributed by atoms with E-state index in [-0.39, 0.29) is 0 Å². The molecule has 3 rings (SSSR count). The summed E-state index contributed by atoms with van der Waals surface area (Å²) in [4.78, 5) is 0. The van der Waals surface area contributed by atoms with Gasteiger partial charge in [-0.25, -0.2) is 0 Å². The van der Waals surface area contributed by atoms with Crippen molar-refractivity contribution in [1.82, 2.24) is 0 Å². The number of hydrogen-bond acceptors (Lipinski definition) is 1. The fourth-order valence-corrected chi connectivity index (χ4v) is 2.66. The number of anilines is 1. The minimum absolute atomic E-state index is 0.858. The van der Waals surface area contributed by atoms with Crippen LogP contribution >= 0.6 is 0 Å². The molecule has 0 spiro atoms. The van der Waals surface area contributed by atoms with E-state index < -0.39 is 0 Å². The van der Waals surface area contributed by atoms with Gasteiger partial charge in [0, 0.05) is 12.2 Å². The Kier molecular flexibility index (Phi) is 3.69. The minimum atomic E-state index is 0.858. The van der Waals surface area contributed by atoms with E-state index >= 15 is 0 Å². The highest BCUT2D eigenvalue weighted by Gasteiger charge is 2.11. The molecule has 0 aliphatic heterocycles. The zero-order chi connectivity index (χ0) is 13.8. The van der Waals surface area contributed by atoms with E-state index in [1.807, 2.05) is 6.07 Å². The lowest BCUT2D eigenvalue weighted by atomic mass is 9.96. The van der Waals surface area contributed by atoms with E-state index in [0.717, 1.165) is 18.7 Å². The van der Waals surface area contributed by atoms with Gasteiger partial charge in [0.1, 0.15) is 0 Å². The van der Waals surface area contributed by atoms with Crippen molar-refractivity contribution in [2.45, 2.75) is 19.9 Å². The highest BCUT2D eigenvalue weighted by molar-refractivity contribution is 5.76. The summed E-state index contributed by atoms with van der Waals surface area (Å²) >= 11 is 0. The van der Waals surface area contributed by atoms with E-state index in [9.17, 15) is 0 Å². The first-order valence-electron chi connectivity index (χ1n) is 7.08. The summed E-state index contributed by atoms with van der Waals surface area (Å²) in [5, 5.41) is 3.50. The Morgan fingerprint density at radius 1 is 0.950 bits per heavy atom. The molecule has 100 valence electrons. The second-order valence-electron chi connectivity index (χ2n) is 5.14. The van der Waals surface area contributed by atoms with Crippen LogP contribution in [0, 0.1) is 0 Å². The number of nitrogens with one attached hydrogen (secondary N) is 1. The van der Waals surface area contributed by atoms with Crippen LogP contribution in [0.15, 0.2) is 72.3 Å². The normalized spacial score (nSPS) is 13.8. The van der Waals surface area contributed by atoms with Gasteiger partial charge >= 0.3 is 0 Å². The Morgan fingerprint density at radius 2 is 1.70 bits per heavy atom. The van der Waals surface area contributed by atoms with Crippen molar-refractivity contribution in [3.63, 3.8) is 0 Å². The van der Waals surface area contributed by atoms with Crippen molar-refractivity contribution in [1.29, 1.82) is 0 Å². The summed E-state index contributed by atoms with van der Waals surface area (Å²) in [7, 11) is 0. The summed E-state index contributed by atoms with van der Waals surface area (Å²) in [5.74, 6) is 0. The van der Waals surface area contributed by atoms with E-state index in [1.54, 1.807) is 0 Å². The molecule has 0 unspecified atom stereocenters. The van der Waals surface area contributed by atoms with Crippen LogP contribution in [0.2, 0.25) is 0 Å². The van der Waals surface area contributed by atoms with Gasteiger partial charge in [0.15, 0.2) is 0 Å². The Labute approximate surface area is 120 Å². The smallest absolute Gasteiger partial charge is 0.0406 e. The fraction of sp³-hybridized carbons (Fsp3) is 0.158. The molecule has 1 N–H and O–H groups in total. The standard InChI is InChI=1S/C19H19N/c1-15-8-7-13-18(15)19-12-6-5-9-16(19)14-20-17-10-3-2-4-11-17/h2-12,20H,13-14H2,1H3. The summed E-state index contributed by atoms with van der Waals surface area (Å²) in [6, 6.07) is 19.0. The van der Waals surface area contributed by atoms with Gasteiger partial charge in [0.05, 0.1) is 0 Å². The average Bonchev–Trinajstić information content (AvgIpc) is 2.92. The maximum absolute atomic E-state index is 3.50. The number of rotatable bonds is 4. The first-order valence-corrected chi connectivity index (χ1v) is 7.08. The Bertz CT molecular complexity index is 650. The van der Waals surface area contributed by atoms with Crippen LogP contribution < -0.4 is 5.32 Å². The molecule has 20 heavy (non-hydrogen) atoms. The molecular weight excluding hydrogens is 242 g/mol. The third kappa shape index (κ3) is 2.67. The van der Waals surface area contributed by atoms with Crippen LogP contribution in [0.25, 0.3) is 5.57 Å². The van der Waals surface area contributed by atoms with Crippen LogP contribution in [0.4, 0.5) is 5.69 Å². The van der Waals surface area contributed by atoms with Crippen LogP contribution in [0.5, 0.6) is 0 Å². The topological polar surface area (TPSA) is 12.0 Å². The predicted octanol–water partition coefficient (Wildman–Crippen LogP) is 5.03. The molecule has 0 atom stereocenters. The lowest BCUT2D eigenvalue weighted by Crippen LogP contribution is -2.02. The molecule has 0 amide bonds. The largest absolute Gasteiger partial charge is 0.381 e. The van der Waals surface area contributed by atoms with E-state index in [4.69, 9.17) is 0 Å². The molecule has 1 aliphatic carbocycles. The third-order valence-electron chi connectivity index (χ3n) is 3.77. The van der Waals surface area contributed by atoms with Gasteiger partial charge in [-0.2, -0.15) is 0 Å². The summed E-state index contributed by atoms with van der Waals surface area (Å²) in [6.07, 6.45) is 5.51. The third-order valence-corrected chi connectivity index (χ3v) is 3.77. The van der Waals surface area contributed by atoms with Crippen molar-refractivity contribution >= 4 is 11.3 Å². The molecule has 1 nitrogen and oxygen atoms in total. The van der Waals surface area contributed by atoms with Gasteiger partial charge in [-0.1, -0.05) is 54.6 Å². The summed E-state index contributed by atoms with van der Waals surface area (Å²) in [5.41, 5.74) is 6.73. The number of benzene rings is 2. The van der Waals surface area contributed by atoms with E-state index in [0.29, 0.717) is 0 Å². The lowest BCUT2D eigenvalue weighted by Gasteiger charge is -2.13. The van der Waals surface area contributed by atoms with E-state index in [1.165, 1.54) is 22.3 Å². The van der Waals surface area contributed by atoms with Crippen molar-refractivity contribution in [3.8, 4) is 0 Å². The number of para-hydroxylation sites is 1. The zero-order valence-electron chi connectivity index (χ0n) is 11.8. The van der Waals surface area contributed by atoms with Crippen LogP contribution in [0.3, 0.4) is 0 Å². The first kappa shape index (κ1) is 12.7. The molecule has 2 aromatic carbocycles. The Morgan fingerprint density at radius 3 is 2.45 bits per heavy atom. The molecule has 1 heteroatoms. The summed E-state index contributed by atoms with van der Waals surface area (Å²) in [6.45, 7) is 3.05. The molecular formula is C19H19N. The molecule has 0 bridgehead atoms. The van der Waals surface area contributed by atoms with Crippen molar-refractivity contribution < 1.29 is 0 Å². The molecule has 0 saturated heterocycles. The van der Waals surface area contributed by atoms with Gasteiger partial charge in [-0.3, -0.25) is 0 Å². The quantitative estimate of drug-likeness (QED) is 0.813. The van der Waals surface area contributed by atoms with Crippen molar-refractivity contribution in [3.05, 3.63) is 83.4 Å². The minimum Gasteiger partial charge on any atom is -0.381 e. The van der Waals surface area contributed by atoms with Crippen LogP contribution in [-0.2, 0) is 6.54 Å². The Hall–Kier alpha value is -2.28. The van der Waals surface area contributed by atoms with Crippen LogP contribution in [0.1, 0.15) is 24.5 Å². The molecule has 0 aromatic heterocycles. The van der Waals surface area contributed by atoms with Crippen molar-refractivity contribution in [2.24, 2.45) is 0 Å². The molecule has 0 fully saturated rings. The highest BCUT2D eigenvalue weighted by atomic mass is 14.9. The fourth-order valence-electron chi connectivity index (χ4n) is 2.66. The second-order valence-corrected chi connectivity index (χ2v) is 5.14. The maximum Gasteiger partial charge on any atom is 0.0406 e. The van der Waals surface area contributed by atoms with Gasteiger partial charge in [-0.15, -0.1) is 0 Å². The number of allylic oxidation sites excluding steroid dienone is 4. The van der Waals surface area contributed by atoms with Crippen molar-refractivity contribution in [2.75, 3.05) is 5.32 Å². The zero-order valence-corrected chi connectivity index (χ0v) is 11.8. The van der Waals surface area contributed by atoms with E-state index in [2.05, 4.69) is 72.9 Å². The number of hydrogen-bond donors (Lipinski definition) is 1. The monoisotopic (exact) mass is 261 g/mol. The molecule has 0 heterocycles. The SMILES string of the molecule is CC1=C(c2ccccc2CNc2ccccc2)CC=C1. The first-order chi connectivity index (χ1) is 9.84.